The molecule has 2 N–H and O–H groups in total. The maximum absolute atomic E-state index is 14.3. The summed E-state index contributed by atoms with van der Waals surface area (Å²) < 4.78 is 66.9. The van der Waals surface area contributed by atoms with Gasteiger partial charge in [0.05, 0.1) is 25.0 Å². The number of carbonyl (C=O) groups is 1. The first kappa shape index (κ1) is 26.2. The standard InChI is InChI=1S/C23H26F5N5.CH2O2/c24-22(25)12-30-6-7-32(15-22)20(16-2-1-5-29-10-16)17-8-21(9-17)13-33(14-21)18-3-4-19(31-11-18)23(26,27)28;2-1-3/h1-5,10-11,17,20,30H,6-9,12-15H2;1H,(H,2,3). The van der Waals surface area contributed by atoms with Gasteiger partial charge in [-0.05, 0) is 42.5 Å². The number of pyridine rings is 2. The van der Waals surface area contributed by atoms with E-state index in [2.05, 4.69) is 15.3 Å². The van der Waals surface area contributed by atoms with Crippen molar-refractivity contribution in [3.05, 3.63) is 54.1 Å². The average Bonchev–Trinajstić information content (AvgIpc) is 2.95. The molecule has 1 aliphatic carbocycles. The highest BCUT2D eigenvalue weighted by Crippen LogP contribution is 2.57. The SMILES string of the molecule is FC1(F)CNCCN(C(c2cccnc2)C2CC3(C2)CN(c2ccc(C(F)(F)F)nc2)C3)C1.O=CO. The summed E-state index contributed by atoms with van der Waals surface area (Å²) in [6.07, 6.45) is 2.07. The molecule has 2 aromatic heterocycles. The van der Waals surface area contributed by atoms with Crippen LogP contribution in [-0.2, 0) is 11.0 Å². The summed E-state index contributed by atoms with van der Waals surface area (Å²) in [6, 6.07) is 6.14. The molecule has 1 saturated carbocycles. The fourth-order valence-corrected chi connectivity index (χ4v) is 5.72. The molecule has 0 radical (unpaired) electrons. The zero-order valence-electron chi connectivity index (χ0n) is 19.5. The summed E-state index contributed by atoms with van der Waals surface area (Å²) >= 11 is 0. The van der Waals surface area contributed by atoms with Crippen LogP contribution < -0.4 is 10.2 Å². The summed E-state index contributed by atoms with van der Waals surface area (Å²) in [6.45, 7) is 1.70. The van der Waals surface area contributed by atoms with Crippen LogP contribution in [0.1, 0.15) is 30.1 Å². The van der Waals surface area contributed by atoms with Crippen molar-refractivity contribution >= 4 is 12.2 Å². The largest absolute Gasteiger partial charge is 0.483 e. The second-order valence-electron chi connectivity index (χ2n) is 9.76. The van der Waals surface area contributed by atoms with Crippen molar-refractivity contribution < 1.29 is 31.9 Å². The van der Waals surface area contributed by atoms with Crippen molar-refractivity contribution in [2.45, 2.75) is 31.0 Å². The first-order valence-corrected chi connectivity index (χ1v) is 11.6. The number of hydrogen-bond acceptors (Lipinski definition) is 6. The van der Waals surface area contributed by atoms with E-state index in [1.807, 2.05) is 21.9 Å². The lowest BCUT2D eigenvalue weighted by molar-refractivity contribution is -0.141. The third kappa shape index (κ3) is 5.75. The maximum Gasteiger partial charge on any atom is 0.433 e. The fourth-order valence-electron chi connectivity index (χ4n) is 5.72. The van der Waals surface area contributed by atoms with E-state index in [1.54, 1.807) is 12.4 Å². The summed E-state index contributed by atoms with van der Waals surface area (Å²) in [5.41, 5.74) is 0.825. The van der Waals surface area contributed by atoms with Gasteiger partial charge in [-0.15, -0.1) is 0 Å². The van der Waals surface area contributed by atoms with Crippen LogP contribution in [0.5, 0.6) is 0 Å². The molecule has 1 atom stereocenters. The van der Waals surface area contributed by atoms with Gasteiger partial charge in [-0.25, -0.2) is 13.8 Å². The van der Waals surface area contributed by atoms with Crippen molar-refractivity contribution in [3.8, 4) is 0 Å². The number of alkyl halides is 5. The van der Waals surface area contributed by atoms with Crippen LogP contribution in [0, 0.1) is 11.3 Å². The first-order valence-electron chi connectivity index (χ1n) is 11.6. The molecule has 0 amide bonds. The van der Waals surface area contributed by atoms with Crippen molar-refractivity contribution in [1.29, 1.82) is 0 Å². The highest BCUT2D eigenvalue weighted by molar-refractivity contribution is 5.49. The van der Waals surface area contributed by atoms with E-state index in [0.717, 1.165) is 37.6 Å². The van der Waals surface area contributed by atoms with Gasteiger partial charge in [0.2, 0.25) is 0 Å². The zero-order chi connectivity index (χ0) is 26.0. The number of rotatable bonds is 4. The highest BCUT2D eigenvalue weighted by atomic mass is 19.4. The summed E-state index contributed by atoms with van der Waals surface area (Å²) in [4.78, 5) is 20.1. The van der Waals surface area contributed by atoms with Crippen LogP contribution in [0.3, 0.4) is 0 Å². The Morgan fingerprint density at radius 1 is 1.14 bits per heavy atom. The lowest BCUT2D eigenvalue weighted by Crippen LogP contribution is -2.64. The van der Waals surface area contributed by atoms with Crippen molar-refractivity contribution in [2.24, 2.45) is 11.3 Å². The second kappa shape index (κ2) is 10.3. The quantitative estimate of drug-likeness (QED) is 0.477. The van der Waals surface area contributed by atoms with Crippen molar-refractivity contribution in [1.82, 2.24) is 20.2 Å². The lowest BCUT2D eigenvalue weighted by atomic mass is 9.55. The minimum atomic E-state index is -4.45. The number of aromatic nitrogens is 2. The predicted molar refractivity (Wildman–Crippen MR) is 122 cm³/mol. The molecule has 0 aromatic carbocycles. The molecule has 0 bridgehead atoms. The van der Waals surface area contributed by atoms with Gasteiger partial charge in [-0.1, -0.05) is 6.07 Å². The number of nitrogens with zero attached hydrogens (tertiary/aromatic N) is 4. The minimum absolute atomic E-state index is 0.0838. The normalized spacial score (nSPS) is 22.4. The number of carboxylic acid groups (broad SMARTS) is 1. The molecule has 1 spiro atoms. The summed E-state index contributed by atoms with van der Waals surface area (Å²) in [7, 11) is 0. The number of anilines is 1. The number of nitrogens with one attached hydrogen (secondary N) is 1. The van der Waals surface area contributed by atoms with Gasteiger partial charge in [0.15, 0.2) is 0 Å². The first-order chi connectivity index (χ1) is 17.1. The molecule has 2 aliphatic heterocycles. The molecule has 196 valence electrons. The van der Waals surface area contributed by atoms with E-state index in [-0.39, 0.29) is 36.9 Å². The average molecular weight is 514 g/mol. The van der Waals surface area contributed by atoms with Crippen LogP contribution in [-0.4, -0.2) is 71.6 Å². The summed E-state index contributed by atoms with van der Waals surface area (Å²) in [5, 5.41) is 9.72. The Morgan fingerprint density at radius 2 is 1.86 bits per heavy atom. The third-order valence-corrected chi connectivity index (χ3v) is 7.11. The fraction of sp³-hybridized carbons (Fsp3) is 0.542. The zero-order valence-corrected chi connectivity index (χ0v) is 19.5. The molecular formula is C24H28F5N5O2. The van der Waals surface area contributed by atoms with E-state index in [4.69, 9.17) is 9.90 Å². The Hall–Kier alpha value is -2.86. The van der Waals surface area contributed by atoms with E-state index in [1.165, 1.54) is 12.3 Å². The molecular weight excluding hydrogens is 485 g/mol. The van der Waals surface area contributed by atoms with Crippen molar-refractivity contribution in [2.75, 3.05) is 44.2 Å². The van der Waals surface area contributed by atoms with Gasteiger partial charge in [0, 0.05) is 50.0 Å². The number of hydrogen-bond donors (Lipinski definition) is 2. The van der Waals surface area contributed by atoms with Crippen LogP contribution in [0.15, 0.2) is 42.9 Å². The lowest BCUT2D eigenvalue weighted by Gasteiger charge is -2.62. The van der Waals surface area contributed by atoms with Crippen LogP contribution in [0.2, 0.25) is 0 Å². The molecule has 2 saturated heterocycles. The maximum atomic E-state index is 14.3. The Balaban J connectivity index is 0.000000967. The Labute approximate surface area is 205 Å². The molecule has 7 nitrogen and oxygen atoms in total. The van der Waals surface area contributed by atoms with Gasteiger partial charge in [0.1, 0.15) is 5.69 Å². The Bertz CT molecular complexity index is 1010. The monoisotopic (exact) mass is 513 g/mol. The Kier molecular flexibility index (Phi) is 7.46. The molecule has 2 aromatic rings. The minimum Gasteiger partial charge on any atom is -0.483 e. The van der Waals surface area contributed by atoms with Gasteiger partial charge in [-0.2, -0.15) is 13.2 Å². The third-order valence-electron chi connectivity index (χ3n) is 7.11. The molecule has 12 heteroatoms. The predicted octanol–water partition coefficient (Wildman–Crippen LogP) is 3.69. The molecule has 36 heavy (non-hydrogen) atoms. The second-order valence-corrected chi connectivity index (χ2v) is 9.76. The van der Waals surface area contributed by atoms with E-state index in [0.29, 0.717) is 18.8 Å². The van der Waals surface area contributed by atoms with Crippen LogP contribution in [0.25, 0.3) is 0 Å². The highest BCUT2D eigenvalue weighted by Gasteiger charge is 2.55. The van der Waals surface area contributed by atoms with Gasteiger partial charge in [-0.3, -0.25) is 14.7 Å². The number of halogens is 5. The topological polar surface area (TPSA) is 81.6 Å². The van der Waals surface area contributed by atoms with Crippen molar-refractivity contribution in [3.63, 3.8) is 0 Å². The molecule has 3 aliphatic rings. The van der Waals surface area contributed by atoms with Gasteiger partial charge >= 0.3 is 6.18 Å². The van der Waals surface area contributed by atoms with E-state index < -0.39 is 17.8 Å². The Morgan fingerprint density at radius 3 is 2.44 bits per heavy atom. The molecule has 3 fully saturated rings. The van der Waals surface area contributed by atoms with Crippen LogP contribution >= 0.6 is 0 Å². The summed E-state index contributed by atoms with van der Waals surface area (Å²) in [5.74, 6) is -2.56. The van der Waals surface area contributed by atoms with E-state index >= 15 is 0 Å². The molecule has 1 unspecified atom stereocenters. The van der Waals surface area contributed by atoms with Gasteiger partial charge < -0.3 is 15.3 Å². The molecule has 5 rings (SSSR count). The van der Waals surface area contributed by atoms with Crippen LogP contribution in [0.4, 0.5) is 27.6 Å². The molecule has 4 heterocycles. The van der Waals surface area contributed by atoms with Gasteiger partial charge in [0.25, 0.3) is 12.4 Å². The smallest absolute Gasteiger partial charge is 0.433 e. The van der Waals surface area contributed by atoms with E-state index in [9.17, 15) is 22.0 Å².